The normalized spacial score (nSPS) is 35.5. The number of ether oxygens (including phenoxy) is 1. The van der Waals surface area contributed by atoms with Crippen molar-refractivity contribution in [1.29, 1.82) is 0 Å². The number of nitrogens with one attached hydrogen (secondary N) is 6. The minimum atomic E-state index is -4.74. The molecule has 1 amide bonds. The number of halogens is 3. The fraction of sp³-hybridized carbons (Fsp3) is 0.857. The van der Waals surface area contributed by atoms with Gasteiger partial charge in [0.2, 0.25) is 5.91 Å². The fourth-order valence-corrected chi connectivity index (χ4v) is 7.17. The number of carbonyl (C=O) groups is 1. The summed E-state index contributed by atoms with van der Waals surface area (Å²) in [5.41, 5.74) is 0.100. The van der Waals surface area contributed by atoms with E-state index in [0.717, 1.165) is 31.8 Å². The van der Waals surface area contributed by atoms with E-state index in [1.54, 1.807) is 0 Å². The monoisotopic (exact) mass is 510 g/mol. The van der Waals surface area contributed by atoms with Crippen molar-refractivity contribution in [3.8, 4) is 0 Å². The average molecular weight is 511 g/mol. The molecule has 0 bridgehead atoms. The van der Waals surface area contributed by atoms with Crippen molar-refractivity contribution in [3.05, 3.63) is 12.7 Å². The molecule has 7 unspecified atom stereocenters. The highest BCUT2D eigenvalue weighted by Gasteiger charge is 2.42. The molecule has 9 nitrogen and oxygen atoms in total. The van der Waals surface area contributed by atoms with Crippen molar-refractivity contribution in [3.63, 3.8) is 0 Å². The van der Waals surface area contributed by atoms with E-state index >= 15 is 0 Å². The van der Waals surface area contributed by atoms with Gasteiger partial charge in [0.05, 0.1) is 19.9 Å². The van der Waals surface area contributed by atoms with E-state index in [4.69, 9.17) is 0 Å². The van der Waals surface area contributed by atoms with Crippen molar-refractivity contribution in [2.24, 2.45) is 0 Å². The van der Waals surface area contributed by atoms with Crippen LogP contribution in [0.25, 0.3) is 0 Å². The van der Waals surface area contributed by atoms with Crippen molar-refractivity contribution in [2.75, 3.05) is 20.0 Å². The number of hydrogen-bond acceptors (Lipinski definition) is 8. The molecule has 0 radical (unpaired) electrons. The number of rotatable bonds is 8. The first-order chi connectivity index (χ1) is 15.9. The lowest BCUT2D eigenvalue weighted by Gasteiger charge is -2.43. The van der Waals surface area contributed by atoms with Crippen LogP contribution in [-0.2, 0) is 14.1 Å². The molecular weight excluding hydrogens is 472 g/mol. The van der Waals surface area contributed by atoms with Gasteiger partial charge in [-0.3, -0.25) is 36.1 Å². The van der Waals surface area contributed by atoms with Gasteiger partial charge in [-0.05, 0) is 51.5 Å². The van der Waals surface area contributed by atoms with Crippen molar-refractivity contribution in [2.45, 2.75) is 93.8 Å². The molecule has 6 N–H and O–H groups in total. The van der Waals surface area contributed by atoms with Gasteiger partial charge in [-0.25, -0.2) is 0 Å². The Morgan fingerprint density at radius 3 is 2.32 bits per heavy atom. The second-order valence-electron chi connectivity index (χ2n) is 9.77. The van der Waals surface area contributed by atoms with E-state index in [9.17, 15) is 22.5 Å². The fourth-order valence-electron chi connectivity index (χ4n) is 5.26. The van der Waals surface area contributed by atoms with Crippen molar-refractivity contribution < 1.29 is 27.3 Å². The van der Waals surface area contributed by atoms with Crippen LogP contribution in [0.2, 0.25) is 0 Å². The van der Waals surface area contributed by atoms with E-state index in [1.807, 2.05) is 13.3 Å². The summed E-state index contributed by atoms with van der Waals surface area (Å²) in [6.07, 6.45) is -0.670. The van der Waals surface area contributed by atoms with Crippen LogP contribution in [0.4, 0.5) is 13.2 Å². The minimum Gasteiger partial charge on any atom is -0.350 e. The minimum absolute atomic E-state index is 0.0906. The lowest BCUT2D eigenvalue weighted by Crippen LogP contribution is -2.74. The molecule has 1 saturated heterocycles. The highest BCUT2D eigenvalue weighted by molar-refractivity contribution is 7.63. The average Bonchev–Trinajstić information content (AvgIpc) is 2.74. The molecular formula is C21H38F3N6O3P. The largest absolute Gasteiger partial charge is 0.522 e. The quantitative estimate of drug-likeness (QED) is 0.215. The standard InChI is InChI=1S/C21H38F3N6O3P/c1-4-18(31)27-13-9-10-16(33-21(22,23)24)15(11-13)29-20-26-12-25-19(30-20)28-14-7-5-6-8-17(14)34(2,3)32/h4,13-17,19-20,25-26,28-30H,1,5-12H2,2-3H3,(H,27,31). The van der Waals surface area contributed by atoms with Crippen LogP contribution in [0.1, 0.15) is 44.9 Å². The first-order valence-electron chi connectivity index (χ1n) is 11.9. The number of amides is 1. The predicted octanol–water partition coefficient (Wildman–Crippen LogP) is 1.53. The Labute approximate surface area is 199 Å². The van der Waals surface area contributed by atoms with Crippen LogP contribution in [0, 0.1) is 0 Å². The van der Waals surface area contributed by atoms with Gasteiger partial charge in [-0.1, -0.05) is 19.4 Å². The molecule has 3 fully saturated rings. The lowest BCUT2D eigenvalue weighted by molar-refractivity contribution is -0.348. The van der Waals surface area contributed by atoms with Gasteiger partial charge < -0.3 is 9.88 Å². The maximum Gasteiger partial charge on any atom is 0.522 e. The molecule has 3 aliphatic rings. The molecule has 196 valence electrons. The molecule has 0 aromatic heterocycles. The van der Waals surface area contributed by atoms with Crippen LogP contribution >= 0.6 is 7.14 Å². The smallest absolute Gasteiger partial charge is 0.350 e. The zero-order valence-corrected chi connectivity index (χ0v) is 20.7. The van der Waals surface area contributed by atoms with Crippen LogP contribution in [0.5, 0.6) is 0 Å². The Kier molecular flexibility index (Phi) is 9.58. The molecule has 0 aromatic rings. The first-order valence-corrected chi connectivity index (χ1v) is 14.6. The summed E-state index contributed by atoms with van der Waals surface area (Å²) in [6.45, 7) is 7.51. The number of alkyl halides is 3. The van der Waals surface area contributed by atoms with E-state index in [2.05, 4.69) is 43.2 Å². The molecule has 2 saturated carbocycles. The summed E-state index contributed by atoms with van der Waals surface area (Å²) in [5, 5.41) is 19.2. The topological polar surface area (TPSA) is 116 Å². The second-order valence-corrected chi connectivity index (χ2v) is 13.3. The summed E-state index contributed by atoms with van der Waals surface area (Å²) in [4.78, 5) is 11.7. The van der Waals surface area contributed by atoms with Crippen LogP contribution < -0.4 is 31.9 Å². The van der Waals surface area contributed by atoms with Gasteiger partial charge >= 0.3 is 6.36 Å². The summed E-state index contributed by atoms with van der Waals surface area (Å²) in [6, 6.07) is -0.839. The molecule has 34 heavy (non-hydrogen) atoms. The SMILES string of the molecule is C=CC(=O)NC1CCC(OC(F)(F)F)C(NC2NCNC(NC3CCCCC3P(C)(C)=O)N2)C1. The molecule has 3 rings (SSSR count). The Bertz CT molecular complexity index is 752. The summed E-state index contributed by atoms with van der Waals surface area (Å²) < 4.78 is 56.2. The highest BCUT2D eigenvalue weighted by atomic mass is 31.2. The Hall–Kier alpha value is -1.01. The zero-order chi connectivity index (χ0) is 24.9. The zero-order valence-electron chi connectivity index (χ0n) is 19.8. The lowest BCUT2D eigenvalue weighted by atomic mass is 9.88. The third-order valence-corrected chi connectivity index (χ3v) is 9.05. The number of carbonyl (C=O) groups excluding carboxylic acids is 1. The van der Waals surface area contributed by atoms with E-state index in [1.165, 1.54) is 0 Å². The third kappa shape index (κ3) is 8.29. The molecule has 0 aromatic carbocycles. The summed E-state index contributed by atoms with van der Waals surface area (Å²) >= 11 is 0. The van der Waals surface area contributed by atoms with Gasteiger partial charge in [-0.2, -0.15) is 0 Å². The van der Waals surface area contributed by atoms with Crippen LogP contribution in [0.15, 0.2) is 12.7 Å². The molecule has 7 atom stereocenters. The van der Waals surface area contributed by atoms with E-state index in [0.29, 0.717) is 13.1 Å². The van der Waals surface area contributed by atoms with Crippen LogP contribution in [0.3, 0.4) is 0 Å². The predicted molar refractivity (Wildman–Crippen MR) is 124 cm³/mol. The summed E-state index contributed by atoms with van der Waals surface area (Å²) in [7, 11) is -2.27. The molecule has 13 heteroatoms. The van der Waals surface area contributed by atoms with Gasteiger partial charge in [0.15, 0.2) is 0 Å². The van der Waals surface area contributed by atoms with E-state index in [-0.39, 0.29) is 42.8 Å². The second kappa shape index (κ2) is 11.8. The maximum absolute atomic E-state index is 13.0. The molecule has 0 spiro atoms. The molecule has 2 aliphatic carbocycles. The van der Waals surface area contributed by atoms with Crippen molar-refractivity contribution in [1.82, 2.24) is 31.9 Å². The maximum atomic E-state index is 13.0. The van der Waals surface area contributed by atoms with E-state index < -0.39 is 31.9 Å². The highest BCUT2D eigenvalue weighted by Crippen LogP contribution is 2.49. The molecule has 1 heterocycles. The van der Waals surface area contributed by atoms with Crippen LogP contribution in [-0.4, -0.2) is 74.7 Å². The Morgan fingerprint density at radius 1 is 1.06 bits per heavy atom. The molecule has 1 aliphatic heterocycles. The Balaban J connectivity index is 1.62. The third-order valence-electron chi connectivity index (χ3n) is 6.84. The Morgan fingerprint density at radius 2 is 1.71 bits per heavy atom. The first kappa shape index (κ1) is 27.6. The van der Waals surface area contributed by atoms with Gasteiger partial charge in [0.1, 0.15) is 12.6 Å². The summed E-state index contributed by atoms with van der Waals surface area (Å²) in [5.74, 6) is -0.354. The van der Waals surface area contributed by atoms with Gasteiger partial charge in [-0.15, -0.1) is 13.2 Å². The number of hydrogen-bond donors (Lipinski definition) is 6. The van der Waals surface area contributed by atoms with Gasteiger partial charge in [0.25, 0.3) is 0 Å². The van der Waals surface area contributed by atoms with Crippen molar-refractivity contribution >= 4 is 13.0 Å². The van der Waals surface area contributed by atoms with Gasteiger partial charge in [0, 0.05) is 23.8 Å².